The molecule has 3 rings (SSSR count). The molecule has 2 aromatic rings. The van der Waals surface area contributed by atoms with E-state index in [1.165, 1.54) is 4.90 Å². The van der Waals surface area contributed by atoms with E-state index in [1.54, 1.807) is 18.0 Å². The van der Waals surface area contributed by atoms with Crippen LogP contribution >= 0.6 is 11.8 Å². The van der Waals surface area contributed by atoms with Crippen LogP contribution in [0.15, 0.2) is 53.7 Å². The van der Waals surface area contributed by atoms with E-state index in [2.05, 4.69) is 28.2 Å². The molecular formula is C18H22N4OS. The molecule has 1 aliphatic heterocycles. The van der Waals surface area contributed by atoms with Crippen LogP contribution in [-0.2, 0) is 0 Å². The molecule has 0 unspecified atom stereocenters. The molecule has 0 radical (unpaired) electrons. The number of amides is 2. The van der Waals surface area contributed by atoms with Crippen LogP contribution in [0.1, 0.15) is 6.92 Å². The van der Waals surface area contributed by atoms with Crippen molar-refractivity contribution in [1.29, 1.82) is 0 Å². The SMILES string of the molecule is CCSc1ccc(NC(=O)N2CCN(c3cccnc3)CC2)cc1. The highest BCUT2D eigenvalue weighted by Crippen LogP contribution is 2.20. The topological polar surface area (TPSA) is 48.5 Å². The van der Waals surface area contributed by atoms with Gasteiger partial charge in [-0.2, -0.15) is 0 Å². The van der Waals surface area contributed by atoms with Crippen LogP contribution in [0.4, 0.5) is 16.2 Å². The van der Waals surface area contributed by atoms with Gasteiger partial charge >= 0.3 is 6.03 Å². The number of anilines is 2. The summed E-state index contributed by atoms with van der Waals surface area (Å²) in [6.07, 6.45) is 3.64. The molecule has 1 saturated heterocycles. The van der Waals surface area contributed by atoms with Gasteiger partial charge in [-0.1, -0.05) is 6.92 Å². The molecule has 0 spiro atoms. The van der Waals surface area contributed by atoms with Gasteiger partial charge in [-0.3, -0.25) is 4.98 Å². The highest BCUT2D eigenvalue weighted by atomic mass is 32.2. The zero-order valence-corrected chi connectivity index (χ0v) is 14.6. The van der Waals surface area contributed by atoms with Crippen LogP contribution in [0.3, 0.4) is 0 Å². The predicted octanol–water partition coefficient (Wildman–Crippen LogP) is 3.55. The molecule has 0 aliphatic carbocycles. The number of hydrogen-bond donors (Lipinski definition) is 1. The van der Waals surface area contributed by atoms with E-state index in [0.29, 0.717) is 13.1 Å². The second kappa shape index (κ2) is 8.06. The lowest BCUT2D eigenvalue weighted by Gasteiger charge is -2.35. The number of hydrogen-bond acceptors (Lipinski definition) is 4. The van der Waals surface area contributed by atoms with E-state index in [-0.39, 0.29) is 6.03 Å². The molecule has 1 N–H and O–H groups in total. The fourth-order valence-electron chi connectivity index (χ4n) is 2.71. The minimum atomic E-state index is -0.0308. The summed E-state index contributed by atoms with van der Waals surface area (Å²) < 4.78 is 0. The van der Waals surface area contributed by atoms with Crippen LogP contribution in [0.2, 0.25) is 0 Å². The van der Waals surface area contributed by atoms with Crippen molar-refractivity contribution in [1.82, 2.24) is 9.88 Å². The summed E-state index contributed by atoms with van der Waals surface area (Å²) >= 11 is 1.80. The Morgan fingerprint density at radius 2 is 1.92 bits per heavy atom. The normalized spacial score (nSPS) is 14.5. The van der Waals surface area contributed by atoms with Crippen LogP contribution in [0, 0.1) is 0 Å². The number of pyridine rings is 1. The van der Waals surface area contributed by atoms with Gasteiger partial charge in [-0.05, 0) is 42.2 Å². The molecule has 5 nitrogen and oxygen atoms in total. The fourth-order valence-corrected chi connectivity index (χ4v) is 3.37. The monoisotopic (exact) mass is 342 g/mol. The number of nitrogens with one attached hydrogen (secondary N) is 1. The molecule has 1 fully saturated rings. The van der Waals surface area contributed by atoms with Gasteiger partial charge in [-0.15, -0.1) is 11.8 Å². The molecule has 1 aromatic carbocycles. The van der Waals surface area contributed by atoms with E-state index < -0.39 is 0 Å². The Balaban J connectivity index is 1.51. The third kappa shape index (κ3) is 4.20. The molecular weight excluding hydrogens is 320 g/mol. The van der Waals surface area contributed by atoms with Crippen molar-refractivity contribution >= 4 is 29.2 Å². The summed E-state index contributed by atoms with van der Waals surface area (Å²) in [4.78, 5) is 21.9. The summed E-state index contributed by atoms with van der Waals surface area (Å²) in [6.45, 7) is 5.21. The van der Waals surface area contributed by atoms with Gasteiger partial charge < -0.3 is 15.1 Å². The van der Waals surface area contributed by atoms with Crippen LogP contribution < -0.4 is 10.2 Å². The minimum absolute atomic E-state index is 0.0308. The van der Waals surface area contributed by atoms with Crippen molar-refractivity contribution in [2.45, 2.75) is 11.8 Å². The molecule has 0 bridgehead atoms. The first-order valence-corrected chi connectivity index (χ1v) is 9.18. The number of piperazine rings is 1. The van der Waals surface area contributed by atoms with E-state index in [9.17, 15) is 4.79 Å². The summed E-state index contributed by atoms with van der Waals surface area (Å²) in [7, 11) is 0. The van der Waals surface area contributed by atoms with Crippen LogP contribution in [0.25, 0.3) is 0 Å². The Kier molecular flexibility index (Phi) is 5.59. The number of benzene rings is 1. The molecule has 2 heterocycles. The van der Waals surface area contributed by atoms with Crippen molar-refractivity contribution in [3.8, 4) is 0 Å². The van der Waals surface area contributed by atoms with E-state index >= 15 is 0 Å². The Labute approximate surface area is 147 Å². The quantitative estimate of drug-likeness (QED) is 0.863. The lowest BCUT2D eigenvalue weighted by atomic mass is 10.3. The first-order chi connectivity index (χ1) is 11.8. The summed E-state index contributed by atoms with van der Waals surface area (Å²) in [5, 5.41) is 2.98. The third-order valence-corrected chi connectivity index (χ3v) is 4.89. The maximum atomic E-state index is 12.4. The lowest BCUT2D eigenvalue weighted by Crippen LogP contribution is -2.50. The van der Waals surface area contributed by atoms with Gasteiger partial charge in [0.1, 0.15) is 0 Å². The largest absolute Gasteiger partial charge is 0.367 e. The van der Waals surface area contributed by atoms with Crippen molar-refractivity contribution in [3.05, 3.63) is 48.8 Å². The third-order valence-electron chi connectivity index (χ3n) is 3.99. The van der Waals surface area contributed by atoms with Gasteiger partial charge in [0.25, 0.3) is 0 Å². The molecule has 0 saturated carbocycles. The van der Waals surface area contributed by atoms with Crippen molar-refractivity contribution < 1.29 is 4.79 Å². The van der Waals surface area contributed by atoms with Crippen LogP contribution in [0.5, 0.6) is 0 Å². The van der Waals surface area contributed by atoms with Gasteiger partial charge in [-0.25, -0.2) is 4.79 Å². The first kappa shape index (κ1) is 16.6. The number of thioether (sulfide) groups is 1. The maximum absolute atomic E-state index is 12.4. The Bertz CT molecular complexity index is 654. The second-order valence-corrected chi connectivity index (χ2v) is 6.91. The van der Waals surface area contributed by atoms with Gasteiger partial charge in [0.05, 0.1) is 11.9 Å². The van der Waals surface area contributed by atoms with Crippen LogP contribution in [-0.4, -0.2) is 47.8 Å². The van der Waals surface area contributed by atoms with Crippen molar-refractivity contribution in [2.75, 3.05) is 42.1 Å². The van der Waals surface area contributed by atoms with Crippen molar-refractivity contribution in [2.24, 2.45) is 0 Å². The number of nitrogens with zero attached hydrogens (tertiary/aromatic N) is 3. The molecule has 6 heteroatoms. The highest BCUT2D eigenvalue weighted by Gasteiger charge is 2.21. The Morgan fingerprint density at radius 1 is 1.17 bits per heavy atom. The number of carbonyl (C=O) groups excluding carboxylic acids is 1. The van der Waals surface area contributed by atoms with Gasteiger partial charge in [0.15, 0.2) is 0 Å². The Morgan fingerprint density at radius 3 is 2.54 bits per heavy atom. The number of urea groups is 1. The smallest absolute Gasteiger partial charge is 0.321 e. The summed E-state index contributed by atoms with van der Waals surface area (Å²) in [5.41, 5.74) is 1.96. The average Bonchev–Trinajstić information content (AvgIpc) is 2.64. The first-order valence-electron chi connectivity index (χ1n) is 8.20. The summed E-state index contributed by atoms with van der Waals surface area (Å²) in [5.74, 6) is 1.05. The Hall–Kier alpha value is -2.21. The molecule has 126 valence electrons. The zero-order valence-electron chi connectivity index (χ0n) is 13.8. The molecule has 2 amide bonds. The zero-order chi connectivity index (χ0) is 16.8. The number of aromatic nitrogens is 1. The maximum Gasteiger partial charge on any atom is 0.321 e. The standard InChI is InChI=1S/C18H22N4OS/c1-2-24-17-7-5-15(6-8-17)20-18(23)22-12-10-21(11-13-22)16-4-3-9-19-14-16/h3-9,14H,2,10-13H2,1H3,(H,20,23). The van der Waals surface area contributed by atoms with Gasteiger partial charge in [0, 0.05) is 43.0 Å². The minimum Gasteiger partial charge on any atom is -0.367 e. The van der Waals surface area contributed by atoms with Crippen molar-refractivity contribution in [3.63, 3.8) is 0 Å². The van der Waals surface area contributed by atoms with Gasteiger partial charge in [0.2, 0.25) is 0 Å². The average molecular weight is 342 g/mol. The number of rotatable bonds is 4. The fraction of sp³-hybridized carbons (Fsp3) is 0.333. The second-order valence-electron chi connectivity index (χ2n) is 5.57. The van der Waals surface area contributed by atoms with E-state index in [4.69, 9.17) is 0 Å². The number of carbonyl (C=O) groups is 1. The summed E-state index contributed by atoms with van der Waals surface area (Å²) in [6, 6.07) is 12.0. The highest BCUT2D eigenvalue weighted by molar-refractivity contribution is 7.99. The molecule has 24 heavy (non-hydrogen) atoms. The molecule has 1 aromatic heterocycles. The lowest BCUT2D eigenvalue weighted by molar-refractivity contribution is 0.208. The van der Waals surface area contributed by atoms with E-state index in [1.807, 2.05) is 41.4 Å². The predicted molar refractivity (Wildman–Crippen MR) is 99.9 cm³/mol. The molecule has 1 aliphatic rings. The van der Waals surface area contributed by atoms with E-state index in [0.717, 1.165) is 30.2 Å². The molecule has 0 atom stereocenters.